The van der Waals surface area contributed by atoms with Crippen LogP contribution in [0.25, 0.3) is 0 Å². The highest BCUT2D eigenvalue weighted by Gasteiger charge is 2.07. The minimum absolute atomic E-state index is 0. The van der Waals surface area contributed by atoms with Gasteiger partial charge in [-0.1, -0.05) is 6.92 Å². The second kappa shape index (κ2) is 9.20. The third-order valence-corrected chi connectivity index (χ3v) is 2.83. The summed E-state index contributed by atoms with van der Waals surface area (Å²) < 4.78 is 0. The highest BCUT2D eigenvalue weighted by molar-refractivity contribution is 5.94. The van der Waals surface area contributed by atoms with Crippen molar-refractivity contribution in [2.24, 2.45) is 0 Å². The van der Waals surface area contributed by atoms with E-state index in [2.05, 4.69) is 10.6 Å². The molecule has 0 radical (unpaired) electrons. The molecule has 0 aromatic heterocycles. The molecule has 20 heavy (non-hydrogen) atoms. The zero-order chi connectivity index (χ0) is 14.3. The molecular weight excluding hydrogens is 278 g/mol. The number of nitrogens with two attached hydrogens (primary N) is 1. The van der Waals surface area contributed by atoms with Crippen LogP contribution in [-0.4, -0.2) is 24.4 Å². The number of hydrogen-bond acceptors (Lipinski definition) is 3. The Labute approximate surface area is 125 Å². The van der Waals surface area contributed by atoms with Gasteiger partial charge in [-0.15, -0.1) is 12.4 Å². The third kappa shape index (κ3) is 6.43. The Hall–Kier alpha value is -1.75. The van der Waals surface area contributed by atoms with Gasteiger partial charge in [-0.05, 0) is 37.6 Å². The summed E-state index contributed by atoms with van der Waals surface area (Å²) in [6.45, 7) is 4.28. The van der Waals surface area contributed by atoms with Crippen LogP contribution in [-0.2, 0) is 4.79 Å². The molecule has 0 spiro atoms. The molecule has 0 aliphatic carbocycles. The average molecular weight is 300 g/mol. The van der Waals surface area contributed by atoms with Gasteiger partial charge >= 0.3 is 0 Å². The van der Waals surface area contributed by atoms with Gasteiger partial charge in [-0.25, -0.2) is 0 Å². The number of halogens is 1. The summed E-state index contributed by atoms with van der Waals surface area (Å²) in [7, 11) is 0. The highest BCUT2D eigenvalue weighted by Crippen LogP contribution is 2.04. The average Bonchev–Trinajstić information content (AvgIpc) is 2.39. The van der Waals surface area contributed by atoms with Gasteiger partial charge in [0.25, 0.3) is 5.91 Å². The molecule has 0 fully saturated rings. The predicted molar refractivity (Wildman–Crippen MR) is 82.9 cm³/mol. The molecule has 0 bridgehead atoms. The monoisotopic (exact) mass is 299 g/mol. The smallest absolute Gasteiger partial charge is 0.251 e. The van der Waals surface area contributed by atoms with Crippen molar-refractivity contribution >= 4 is 29.9 Å². The van der Waals surface area contributed by atoms with Gasteiger partial charge in [-0.2, -0.15) is 0 Å². The van der Waals surface area contributed by atoms with E-state index in [1.54, 1.807) is 24.3 Å². The fourth-order valence-electron chi connectivity index (χ4n) is 1.48. The molecule has 4 N–H and O–H groups in total. The lowest BCUT2D eigenvalue weighted by Gasteiger charge is -2.11. The van der Waals surface area contributed by atoms with Crippen molar-refractivity contribution in [1.29, 1.82) is 0 Å². The molecular formula is C14H22ClN3O2. The maximum absolute atomic E-state index is 11.7. The number of hydrogen-bond donors (Lipinski definition) is 3. The lowest BCUT2D eigenvalue weighted by Crippen LogP contribution is -2.35. The van der Waals surface area contributed by atoms with Crippen molar-refractivity contribution in [3.63, 3.8) is 0 Å². The number of carbonyl (C=O) groups excluding carboxylic acids is 2. The Morgan fingerprint density at radius 3 is 2.40 bits per heavy atom. The molecule has 2 amide bonds. The summed E-state index contributed by atoms with van der Waals surface area (Å²) in [5.41, 5.74) is 6.70. The van der Waals surface area contributed by atoms with E-state index in [9.17, 15) is 9.59 Å². The molecule has 112 valence electrons. The molecule has 0 saturated heterocycles. The molecule has 1 aromatic carbocycles. The Morgan fingerprint density at radius 2 is 1.85 bits per heavy atom. The maximum atomic E-state index is 11.7. The normalized spacial score (nSPS) is 11.1. The Kier molecular flexibility index (Phi) is 8.40. The van der Waals surface area contributed by atoms with Gasteiger partial charge in [-0.3, -0.25) is 9.59 Å². The van der Waals surface area contributed by atoms with Crippen LogP contribution >= 0.6 is 12.4 Å². The van der Waals surface area contributed by atoms with Crippen LogP contribution in [0.3, 0.4) is 0 Å². The number of rotatable bonds is 6. The van der Waals surface area contributed by atoms with Crippen LogP contribution in [0.2, 0.25) is 0 Å². The first kappa shape index (κ1) is 18.2. The molecule has 1 aromatic rings. The molecule has 0 aliphatic rings. The first-order valence-corrected chi connectivity index (χ1v) is 6.46. The van der Waals surface area contributed by atoms with Crippen LogP contribution in [0.4, 0.5) is 5.69 Å². The summed E-state index contributed by atoms with van der Waals surface area (Å²) in [6.07, 6.45) is 1.18. The molecule has 1 unspecified atom stereocenters. The second-order valence-corrected chi connectivity index (χ2v) is 4.50. The number of amides is 2. The number of nitrogen functional groups attached to an aromatic ring is 1. The fraction of sp³-hybridized carbons (Fsp3) is 0.429. The summed E-state index contributed by atoms with van der Waals surface area (Å²) in [5, 5.41) is 5.54. The van der Waals surface area contributed by atoms with Gasteiger partial charge in [0, 0.05) is 30.3 Å². The van der Waals surface area contributed by atoms with Crippen molar-refractivity contribution in [1.82, 2.24) is 10.6 Å². The predicted octanol–water partition coefficient (Wildman–Crippen LogP) is 1.73. The quantitative estimate of drug-likeness (QED) is 0.699. The molecule has 0 heterocycles. The van der Waals surface area contributed by atoms with Crippen molar-refractivity contribution < 1.29 is 9.59 Å². The van der Waals surface area contributed by atoms with Gasteiger partial charge in [0.15, 0.2) is 0 Å². The minimum atomic E-state index is -0.198. The van der Waals surface area contributed by atoms with Crippen LogP contribution < -0.4 is 16.4 Å². The van der Waals surface area contributed by atoms with E-state index in [0.717, 1.165) is 6.42 Å². The zero-order valence-electron chi connectivity index (χ0n) is 11.8. The number of benzene rings is 1. The van der Waals surface area contributed by atoms with Crippen LogP contribution in [0, 0.1) is 0 Å². The van der Waals surface area contributed by atoms with Crippen molar-refractivity contribution in [3.8, 4) is 0 Å². The van der Waals surface area contributed by atoms with Gasteiger partial charge in [0.2, 0.25) is 5.91 Å². The molecule has 1 rings (SSSR count). The standard InChI is InChI=1S/C14H21N3O2.ClH/c1-3-10(2)17-13(18)8-9-16-14(19)11-4-6-12(15)7-5-11;/h4-7,10H,3,8-9,15H2,1-2H3,(H,16,19)(H,17,18);1H. The summed E-state index contributed by atoms with van der Waals surface area (Å²) in [6, 6.07) is 6.82. The van der Waals surface area contributed by atoms with Gasteiger partial charge in [0.05, 0.1) is 0 Å². The topological polar surface area (TPSA) is 84.2 Å². The van der Waals surface area contributed by atoms with Crippen LogP contribution in [0.15, 0.2) is 24.3 Å². The van der Waals surface area contributed by atoms with Crippen molar-refractivity contribution in [2.45, 2.75) is 32.7 Å². The molecule has 5 nitrogen and oxygen atoms in total. The second-order valence-electron chi connectivity index (χ2n) is 4.50. The number of anilines is 1. The maximum Gasteiger partial charge on any atom is 0.251 e. The van der Waals surface area contributed by atoms with Crippen LogP contribution in [0.1, 0.15) is 37.0 Å². The van der Waals surface area contributed by atoms with E-state index in [-0.39, 0.29) is 36.7 Å². The lowest BCUT2D eigenvalue weighted by atomic mass is 10.2. The third-order valence-electron chi connectivity index (χ3n) is 2.83. The highest BCUT2D eigenvalue weighted by atomic mass is 35.5. The molecule has 0 saturated carbocycles. The lowest BCUT2D eigenvalue weighted by molar-refractivity contribution is -0.121. The summed E-state index contributed by atoms with van der Waals surface area (Å²) in [4.78, 5) is 23.2. The first-order chi connectivity index (χ1) is 9.02. The van der Waals surface area contributed by atoms with E-state index >= 15 is 0 Å². The first-order valence-electron chi connectivity index (χ1n) is 6.46. The van der Waals surface area contributed by atoms with Gasteiger partial charge in [0.1, 0.15) is 0 Å². The Bertz CT molecular complexity index is 435. The minimum Gasteiger partial charge on any atom is -0.399 e. The largest absolute Gasteiger partial charge is 0.399 e. The number of carbonyl (C=O) groups is 2. The summed E-state index contributed by atoms with van der Waals surface area (Å²) >= 11 is 0. The molecule has 6 heteroatoms. The Balaban J connectivity index is 0.00000361. The molecule has 0 aliphatic heterocycles. The van der Waals surface area contributed by atoms with Crippen LogP contribution in [0.5, 0.6) is 0 Å². The van der Waals surface area contributed by atoms with Crippen molar-refractivity contribution in [2.75, 3.05) is 12.3 Å². The van der Waals surface area contributed by atoms with Crippen molar-refractivity contribution in [3.05, 3.63) is 29.8 Å². The van der Waals surface area contributed by atoms with E-state index in [4.69, 9.17) is 5.73 Å². The van der Waals surface area contributed by atoms with E-state index < -0.39 is 0 Å². The Morgan fingerprint density at radius 1 is 1.25 bits per heavy atom. The summed E-state index contributed by atoms with van der Waals surface area (Å²) in [5.74, 6) is -0.247. The van der Waals surface area contributed by atoms with E-state index in [1.807, 2.05) is 13.8 Å². The number of nitrogens with one attached hydrogen (secondary N) is 2. The fourth-order valence-corrected chi connectivity index (χ4v) is 1.48. The van der Waals surface area contributed by atoms with E-state index in [1.165, 1.54) is 0 Å². The van der Waals surface area contributed by atoms with Gasteiger partial charge < -0.3 is 16.4 Å². The van der Waals surface area contributed by atoms with E-state index in [0.29, 0.717) is 17.8 Å². The zero-order valence-corrected chi connectivity index (χ0v) is 12.6. The molecule has 1 atom stereocenters. The SMILES string of the molecule is CCC(C)NC(=O)CCNC(=O)c1ccc(N)cc1.Cl.